The molecule has 2 unspecified atom stereocenters. The van der Waals surface area contributed by atoms with Crippen LogP contribution >= 0.6 is 0 Å². The van der Waals surface area contributed by atoms with Gasteiger partial charge in [-0.3, -0.25) is 4.79 Å². The molecule has 0 heterocycles. The van der Waals surface area contributed by atoms with Gasteiger partial charge in [0.25, 0.3) is 8.32 Å². The van der Waals surface area contributed by atoms with E-state index in [2.05, 4.69) is 69.3 Å². The van der Waals surface area contributed by atoms with Crippen LogP contribution in [0.5, 0.6) is 17.2 Å². The lowest BCUT2D eigenvalue weighted by Crippen LogP contribution is -2.67. The molecule has 2 atom stereocenters. The molecule has 0 amide bonds. The minimum absolute atomic E-state index is 0.171. The minimum Gasteiger partial charge on any atom is -0.493 e. The van der Waals surface area contributed by atoms with Crippen molar-refractivity contribution in [2.24, 2.45) is 0 Å². The summed E-state index contributed by atoms with van der Waals surface area (Å²) in [6.07, 6.45) is 1.25. The van der Waals surface area contributed by atoms with Crippen molar-refractivity contribution in [2.75, 3.05) is 21.3 Å². The molecule has 3 aromatic carbocycles. The van der Waals surface area contributed by atoms with Crippen LogP contribution < -0.4 is 24.6 Å². The van der Waals surface area contributed by atoms with Gasteiger partial charge in [-0.2, -0.15) is 0 Å². The molecule has 39 heavy (non-hydrogen) atoms. The van der Waals surface area contributed by atoms with E-state index in [4.69, 9.17) is 23.4 Å². The van der Waals surface area contributed by atoms with Crippen molar-refractivity contribution in [3.63, 3.8) is 0 Å². The topological polar surface area (TPSA) is 63.2 Å². The Morgan fingerprint density at radius 3 is 1.87 bits per heavy atom. The van der Waals surface area contributed by atoms with E-state index in [1.54, 1.807) is 21.3 Å². The lowest BCUT2D eigenvalue weighted by molar-refractivity contribution is -0.147. The summed E-state index contributed by atoms with van der Waals surface area (Å²) in [6.45, 7) is 8.26. The van der Waals surface area contributed by atoms with E-state index >= 15 is 0 Å². The van der Waals surface area contributed by atoms with E-state index in [0.717, 1.165) is 17.5 Å². The molecule has 0 saturated heterocycles. The van der Waals surface area contributed by atoms with E-state index in [9.17, 15) is 4.79 Å². The molecule has 0 saturated carbocycles. The number of benzene rings is 3. The van der Waals surface area contributed by atoms with Crippen LogP contribution in [0.4, 0.5) is 0 Å². The highest BCUT2D eigenvalue weighted by Crippen LogP contribution is 2.48. The Kier molecular flexibility index (Phi) is 8.72. The van der Waals surface area contributed by atoms with Crippen molar-refractivity contribution in [1.29, 1.82) is 0 Å². The van der Waals surface area contributed by atoms with Crippen molar-refractivity contribution in [1.82, 2.24) is 0 Å². The predicted octanol–water partition coefficient (Wildman–Crippen LogP) is 5.60. The molecular formula is C32H40O6Si. The fraction of sp³-hybridized carbons (Fsp3) is 0.406. The molecule has 7 heteroatoms. The van der Waals surface area contributed by atoms with Gasteiger partial charge in [-0.1, -0.05) is 81.4 Å². The number of fused-ring (bicyclic) bond motifs is 1. The van der Waals surface area contributed by atoms with Crippen molar-refractivity contribution in [2.45, 2.75) is 64.2 Å². The molecule has 0 aromatic heterocycles. The summed E-state index contributed by atoms with van der Waals surface area (Å²) in [5, 5.41) is 2.27. The lowest BCUT2D eigenvalue weighted by atomic mass is 9.98. The number of methoxy groups -OCH3 is 3. The molecule has 0 radical (unpaired) electrons. The smallest absolute Gasteiger partial charge is 0.303 e. The number of carbonyl (C=O) groups is 1. The van der Waals surface area contributed by atoms with Gasteiger partial charge in [-0.25, -0.2) is 0 Å². The second-order valence-electron chi connectivity index (χ2n) is 11.0. The summed E-state index contributed by atoms with van der Waals surface area (Å²) in [5.41, 5.74) is 1.82. The maximum Gasteiger partial charge on any atom is 0.303 e. The Morgan fingerprint density at radius 1 is 0.846 bits per heavy atom. The SMILES string of the molecule is COc1cc2c(c(OC)c1OC)CCC(O[Si](c1ccccc1)(c1ccccc1)C(C)(C)C)CC2OC(C)=O. The first-order chi connectivity index (χ1) is 18.7. The highest BCUT2D eigenvalue weighted by Gasteiger charge is 2.52. The fourth-order valence-electron chi connectivity index (χ4n) is 5.93. The van der Waals surface area contributed by atoms with E-state index in [1.165, 1.54) is 17.3 Å². The van der Waals surface area contributed by atoms with Gasteiger partial charge in [-0.05, 0) is 34.3 Å². The van der Waals surface area contributed by atoms with Crippen LogP contribution in [-0.4, -0.2) is 41.7 Å². The van der Waals surface area contributed by atoms with Gasteiger partial charge in [0.2, 0.25) is 5.75 Å². The maximum absolute atomic E-state index is 12.3. The molecule has 0 N–H and O–H groups in total. The summed E-state index contributed by atoms with van der Waals surface area (Å²) in [4.78, 5) is 12.3. The normalized spacial score (nSPS) is 17.5. The third-order valence-corrected chi connectivity index (χ3v) is 12.7. The van der Waals surface area contributed by atoms with E-state index in [-0.39, 0.29) is 17.1 Å². The quantitative estimate of drug-likeness (QED) is 0.208. The lowest BCUT2D eigenvalue weighted by Gasteiger charge is -2.45. The third kappa shape index (κ3) is 5.56. The Hall–Kier alpha value is -3.29. The standard InChI is InChI=1S/C32H40O6Si/c1-22(33)37-28-20-23(18-19-26-27(28)21-29(34-5)31(36-7)30(26)35-6)38-39(32(2,3)4,24-14-10-8-11-15-24)25-16-12-9-13-17-25/h8-17,21,23,28H,18-20H2,1-7H3. The van der Waals surface area contributed by atoms with Crippen LogP contribution in [0.1, 0.15) is 57.8 Å². The molecule has 208 valence electrons. The second-order valence-corrected chi connectivity index (χ2v) is 15.2. The molecule has 4 rings (SSSR count). The highest BCUT2D eigenvalue weighted by atomic mass is 28.4. The van der Waals surface area contributed by atoms with Crippen molar-refractivity contribution in [3.8, 4) is 17.2 Å². The summed E-state index contributed by atoms with van der Waals surface area (Å²) in [6, 6.07) is 23.1. The molecule has 1 aliphatic rings. The molecule has 0 spiro atoms. The average molecular weight is 549 g/mol. The highest BCUT2D eigenvalue weighted by molar-refractivity contribution is 6.99. The first-order valence-electron chi connectivity index (χ1n) is 13.4. The summed E-state index contributed by atoms with van der Waals surface area (Å²) < 4.78 is 30.6. The van der Waals surface area contributed by atoms with Gasteiger partial charge < -0.3 is 23.4 Å². The number of hydrogen-bond acceptors (Lipinski definition) is 6. The molecule has 0 aliphatic heterocycles. The maximum atomic E-state index is 12.3. The molecule has 0 fully saturated rings. The van der Waals surface area contributed by atoms with Gasteiger partial charge in [-0.15, -0.1) is 0 Å². The molecule has 1 aliphatic carbocycles. The average Bonchev–Trinajstić information content (AvgIpc) is 3.09. The summed E-state index contributed by atoms with van der Waals surface area (Å²) in [7, 11) is 2.01. The number of rotatable bonds is 8. The summed E-state index contributed by atoms with van der Waals surface area (Å²) in [5.74, 6) is 1.34. The summed E-state index contributed by atoms with van der Waals surface area (Å²) >= 11 is 0. The Bertz CT molecular complexity index is 1230. The van der Waals surface area contributed by atoms with Gasteiger partial charge in [0.1, 0.15) is 6.10 Å². The first-order valence-corrected chi connectivity index (χ1v) is 15.3. The molecular weight excluding hydrogens is 508 g/mol. The van der Waals surface area contributed by atoms with Crippen LogP contribution in [0.3, 0.4) is 0 Å². The van der Waals surface area contributed by atoms with Crippen molar-refractivity contribution < 1.29 is 28.2 Å². The first kappa shape index (κ1) is 28.7. The number of esters is 1. The van der Waals surface area contributed by atoms with Crippen LogP contribution in [0.15, 0.2) is 66.7 Å². The van der Waals surface area contributed by atoms with E-state index in [1.807, 2.05) is 18.2 Å². The third-order valence-electron chi connectivity index (χ3n) is 7.58. The zero-order valence-corrected chi connectivity index (χ0v) is 25.1. The zero-order chi connectivity index (χ0) is 28.2. The van der Waals surface area contributed by atoms with Crippen LogP contribution in [0.25, 0.3) is 0 Å². The van der Waals surface area contributed by atoms with Crippen LogP contribution in [-0.2, 0) is 20.4 Å². The number of ether oxygens (including phenoxy) is 4. The Balaban J connectivity index is 1.85. The Morgan fingerprint density at radius 2 is 1.41 bits per heavy atom. The van der Waals surface area contributed by atoms with Gasteiger partial charge in [0.05, 0.1) is 21.3 Å². The van der Waals surface area contributed by atoms with Crippen molar-refractivity contribution >= 4 is 24.7 Å². The second kappa shape index (κ2) is 11.8. The minimum atomic E-state index is -2.81. The fourth-order valence-corrected chi connectivity index (χ4v) is 10.7. The number of carbonyl (C=O) groups excluding carboxylic acids is 1. The van der Waals surface area contributed by atoms with Gasteiger partial charge in [0, 0.05) is 30.6 Å². The largest absolute Gasteiger partial charge is 0.493 e. The van der Waals surface area contributed by atoms with Gasteiger partial charge in [0.15, 0.2) is 11.5 Å². The molecule has 0 bridgehead atoms. The zero-order valence-electron chi connectivity index (χ0n) is 24.1. The monoisotopic (exact) mass is 548 g/mol. The molecule has 6 nitrogen and oxygen atoms in total. The number of hydrogen-bond donors (Lipinski definition) is 0. The van der Waals surface area contributed by atoms with E-state index in [0.29, 0.717) is 30.1 Å². The van der Waals surface area contributed by atoms with Crippen molar-refractivity contribution in [3.05, 3.63) is 77.9 Å². The molecule has 3 aromatic rings. The van der Waals surface area contributed by atoms with E-state index < -0.39 is 14.4 Å². The Labute approximate surface area is 233 Å². The predicted molar refractivity (Wildman–Crippen MR) is 156 cm³/mol. The van der Waals surface area contributed by atoms with Gasteiger partial charge >= 0.3 is 5.97 Å². The van der Waals surface area contributed by atoms with Crippen LogP contribution in [0, 0.1) is 0 Å². The van der Waals surface area contributed by atoms with Crippen LogP contribution in [0.2, 0.25) is 5.04 Å².